The van der Waals surface area contributed by atoms with E-state index in [0.29, 0.717) is 24.4 Å². The molecule has 0 aliphatic rings. The van der Waals surface area contributed by atoms with Crippen LogP contribution >= 0.6 is 15.9 Å². The summed E-state index contributed by atoms with van der Waals surface area (Å²) in [6.07, 6.45) is 4.17. The highest BCUT2D eigenvalue weighted by atomic mass is 79.9. The first-order valence-electron chi connectivity index (χ1n) is 7.24. The number of hydrogen-bond donors (Lipinski definition) is 2. The smallest absolute Gasteiger partial charge is 0.252 e. The van der Waals surface area contributed by atoms with Gasteiger partial charge >= 0.3 is 0 Å². The third-order valence-electron chi connectivity index (χ3n) is 3.12. The monoisotopic (exact) mass is 378 g/mol. The SMILES string of the molecule is COc1ccc(Br)c(C(=O)NCCCNc2cncc(C)n2)c1. The molecule has 0 bridgehead atoms. The fourth-order valence-corrected chi connectivity index (χ4v) is 2.38. The van der Waals surface area contributed by atoms with Gasteiger partial charge < -0.3 is 15.4 Å². The third-order valence-corrected chi connectivity index (χ3v) is 3.81. The Bertz CT molecular complexity index is 679. The molecular formula is C16H19BrN4O2. The molecule has 2 aromatic rings. The van der Waals surface area contributed by atoms with Gasteiger partial charge in [-0.05, 0) is 47.5 Å². The quantitative estimate of drug-likeness (QED) is 0.724. The van der Waals surface area contributed by atoms with Crippen molar-refractivity contribution in [1.82, 2.24) is 15.3 Å². The first-order valence-corrected chi connectivity index (χ1v) is 8.03. The Kier molecular flexibility index (Phi) is 6.34. The molecule has 7 heteroatoms. The summed E-state index contributed by atoms with van der Waals surface area (Å²) in [7, 11) is 1.57. The molecule has 0 fully saturated rings. The number of hydrogen-bond acceptors (Lipinski definition) is 5. The number of rotatable bonds is 7. The number of ether oxygens (including phenoxy) is 1. The Morgan fingerprint density at radius 3 is 2.87 bits per heavy atom. The highest BCUT2D eigenvalue weighted by Gasteiger charge is 2.10. The number of nitrogens with one attached hydrogen (secondary N) is 2. The van der Waals surface area contributed by atoms with Gasteiger partial charge in [-0.3, -0.25) is 9.78 Å². The van der Waals surface area contributed by atoms with Gasteiger partial charge in [-0.2, -0.15) is 0 Å². The minimum absolute atomic E-state index is 0.133. The topological polar surface area (TPSA) is 76.1 Å². The van der Waals surface area contributed by atoms with E-state index in [0.717, 1.165) is 22.4 Å². The molecule has 0 saturated carbocycles. The van der Waals surface area contributed by atoms with Gasteiger partial charge in [-0.25, -0.2) is 4.98 Å². The van der Waals surface area contributed by atoms with Crippen molar-refractivity contribution in [2.75, 3.05) is 25.5 Å². The summed E-state index contributed by atoms with van der Waals surface area (Å²) in [4.78, 5) is 20.5. The van der Waals surface area contributed by atoms with Crippen LogP contribution in [-0.2, 0) is 0 Å². The molecule has 0 aliphatic carbocycles. The molecule has 23 heavy (non-hydrogen) atoms. The Morgan fingerprint density at radius 2 is 2.13 bits per heavy atom. The molecule has 0 radical (unpaired) electrons. The van der Waals surface area contributed by atoms with Crippen molar-refractivity contribution in [3.8, 4) is 5.75 Å². The number of anilines is 1. The Balaban J connectivity index is 1.77. The van der Waals surface area contributed by atoms with Gasteiger partial charge in [-0.15, -0.1) is 0 Å². The summed E-state index contributed by atoms with van der Waals surface area (Å²) >= 11 is 3.38. The number of nitrogens with zero attached hydrogens (tertiary/aromatic N) is 2. The molecule has 1 aromatic heterocycles. The molecule has 1 heterocycles. The normalized spacial score (nSPS) is 10.2. The van der Waals surface area contributed by atoms with Crippen LogP contribution in [0.1, 0.15) is 22.5 Å². The Hall–Kier alpha value is -2.15. The fourth-order valence-electron chi connectivity index (χ4n) is 1.96. The van der Waals surface area contributed by atoms with Crippen LogP contribution in [-0.4, -0.2) is 36.1 Å². The molecule has 0 saturated heterocycles. The molecule has 0 spiro atoms. The van der Waals surface area contributed by atoms with E-state index < -0.39 is 0 Å². The third kappa shape index (κ3) is 5.21. The van der Waals surface area contributed by atoms with E-state index in [1.54, 1.807) is 37.7 Å². The van der Waals surface area contributed by atoms with Crippen molar-refractivity contribution >= 4 is 27.7 Å². The Labute approximate surface area is 143 Å². The van der Waals surface area contributed by atoms with E-state index in [1.165, 1.54) is 0 Å². The number of halogens is 1. The number of carbonyl (C=O) groups excluding carboxylic acids is 1. The summed E-state index contributed by atoms with van der Waals surface area (Å²) in [5, 5.41) is 6.06. The maximum Gasteiger partial charge on any atom is 0.252 e. The fraction of sp³-hybridized carbons (Fsp3) is 0.312. The predicted molar refractivity (Wildman–Crippen MR) is 92.9 cm³/mol. The lowest BCUT2D eigenvalue weighted by Crippen LogP contribution is -2.26. The number of methoxy groups -OCH3 is 1. The molecule has 6 nitrogen and oxygen atoms in total. The van der Waals surface area contributed by atoms with Crippen LogP contribution < -0.4 is 15.4 Å². The summed E-state index contributed by atoms with van der Waals surface area (Å²) in [6, 6.07) is 5.30. The first kappa shape index (κ1) is 17.2. The van der Waals surface area contributed by atoms with Crippen LogP contribution in [0.4, 0.5) is 5.82 Å². The van der Waals surface area contributed by atoms with Crippen molar-refractivity contribution in [3.63, 3.8) is 0 Å². The maximum absolute atomic E-state index is 12.2. The second-order valence-electron chi connectivity index (χ2n) is 4.93. The van der Waals surface area contributed by atoms with Gasteiger partial charge in [0.2, 0.25) is 0 Å². The van der Waals surface area contributed by atoms with Gasteiger partial charge in [-0.1, -0.05) is 0 Å². The summed E-state index contributed by atoms with van der Waals surface area (Å²) in [6.45, 7) is 3.16. The van der Waals surface area contributed by atoms with Crippen molar-refractivity contribution in [1.29, 1.82) is 0 Å². The number of aromatic nitrogens is 2. The van der Waals surface area contributed by atoms with Gasteiger partial charge in [0.05, 0.1) is 24.6 Å². The molecule has 0 atom stereocenters. The lowest BCUT2D eigenvalue weighted by Gasteiger charge is -2.09. The molecule has 122 valence electrons. The minimum Gasteiger partial charge on any atom is -0.497 e. The number of amides is 1. The minimum atomic E-state index is -0.133. The summed E-state index contributed by atoms with van der Waals surface area (Å²) in [5.41, 5.74) is 1.42. The van der Waals surface area contributed by atoms with Crippen LogP contribution in [0.3, 0.4) is 0 Å². The molecule has 1 aromatic carbocycles. The van der Waals surface area contributed by atoms with Crippen molar-refractivity contribution < 1.29 is 9.53 Å². The molecule has 1 amide bonds. The highest BCUT2D eigenvalue weighted by molar-refractivity contribution is 9.10. The molecule has 0 aliphatic heterocycles. The van der Waals surface area contributed by atoms with E-state index in [9.17, 15) is 4.79 Å². The van der Waals surface area contributed by atoms with Crippen molar-refractivity contribution in [3.05, 3.63) is 46.3 Å². The molecule has 0 unspecified atom stereocenters. The predicted octanol–water partition coefficient (Wildman–Crippen LogP) is 2.79. The van der Waals surface area contributed by atoms with Crippen LogP contribution in [0, 0.1) is 6.92 Å². The Morgan fingerprint density at radius 1 is 1.30 bits per heavy atom. The van der Waals surface area contributed by atoms with Crippen LogP contribution in [0.2, 0.25) is 0 Å². The number of benzene rings is 1. The van der Waals surface area contributed by atoms with Crippen molar-refractivity contribution in [2.45, 2.75) is 13.3 Å². The second-order valence-corrected chi connectivity index (χ2v) is 5.78. The van der Waals surface area contributed by atoms with Gasteiger partial charge in [0.15, 0.2) is 0 Å². The average Bonchev–Trinajstić information content (AvgIpc) is 2.55. The van der Waals surface area contributed by atoms with Crippen molar-refractivity contribution in [2.24, 2.45) is 0 Å². The van der Waals surface area contributed by atoms with Crippen LogP contribution in [0.15, 0.2) is 35.1 Å². The summed E-state index contributed by atoms with van der Waals surface area (Å²) < 4.78 is 5.88. The lowest BCUT2D eigenvalue weighted by molar-refractivity contribution is 0.0952. The molecule has 2 rings (SSSR count). The van der Waals surface area contributed by atoms with E-state index in [4.69, 9.17) is 4.74 Å². The standard InChI is InChI=1S/C16H19BrN4O2/c1-11-9-18-10-15(21-11)19-6-3-7-20-16(22)13-8-12(23-2)4-5-14(13)17/h4-5,8-10H,3,6-7H2,1-2H3,(H,19,21)(H,20,22). The van der Waals surface area contributed by atoms with E-state index in [1.807, 2.05) is 6.92 Å². The van der Waals surface area contributed by atoms with E-state index >= 15 is 0 Å². The van der Waals surface area contributed by atoms with E-state index in [2.05, 4.69) is 36.5 Å². The molecule has 2 N–H and O–H groups in total. The lowest BCUT2D eigenvalue weighted by atomic mass is 10.2. The zero-order chi connectivity index (χ0) is 16.7. The largest absolute Gasteiger partial charge is 0.497 e. The average molecular weight is 379 g/mol. The van der Waals surface area contributed by atoms with Gasteiger partial charge in [0.25, 0.3) is 5.91 Å². The van der Waals surface area contributed by atoms with Crippen LogP contribution in [0.25, 0.3) is 0 Å². The molecular weight excluding hydrogens is 360 g/mol. The zero-order valence-electron chi connectivity index (χ0n) is 13.1. The maximum atomic E-state index is 12.2. The zero-order valence-corrected chi connectivity index (χ0v) is 14.7. The number of aryl methyl sites for hydroxylation is 1. The van der Waals surface area contributed by atoms with Crippen LogP contribution in [0.5, 0.6) is 5.75 Å². The second kappa shape index (κ2) is 8.47. The number of carbonyl (C=O) groups is 1. The van der Waals surface area contributed by atoms with Gasteiger partial charge in [0.1, 0.15) is 11.6 Å². The van der Waals surface area contributed by atoms with E-state index in [-0.39, 0.29) is 5.91 Å². The van der Waals surface area contributed by atoms with Gasteiger partial charge in [0, 0.05) is 23.8 Å². The highest BCUT2D eigenvalue weighted by Crippen LogP contribution is 2.22. The first-order chi connectivity index (χ1) is 11.1. The summed E-state index contributed by atoms with van der Waals surface area (Å²) in [5.74, 6) is 1.26.